The predicted molar refractivity (Wildman–Crippen MR) is 66.1 cm³/mol. The van der Waals surface area contributed by atoms with Gasteiger partial charge >= 0.3 is 0 Å². The molecular weight excluding hydrogens is 245 g/mol. The highest BCUT2D eigenvalue weighted by Crippen LogP contribution is 2.01. The fourth-order valence-electron chi connectivity index (χ4n) is 1.11. The standard InChI is InChI=1S/C7H15N3OS.2ClH/c8-7(9)12-6-3-10-1-4-11-5-2-10;;/h1-6H2,(H3,8,9);2*1H. The maximum atomic E-state index is 7.01. The SMILES string of the molecule is Cl.Cl.N=C(N)SCCN1CCOCC1. The number of morpholine rings is 1. The molecule has 1 heterocycles. The Morgan fingerprint density at radius 2 is 1.93 bits per heavy atom. The van der Waals surface area contributed by atoms with Crippen LogP contribution in [0, 0.1) is 5.41 Å². The topological polar surface area (TPSA) is 62.3 Å². The average molecular weight is 262 g/mol. The van der Waals surface area contributed by atoms with Crippen molar-refractivity contribution < 1.29 is 4.74 Å². The molecule has 86 valence electrons. The largest absolute Gasteiger partial charge is 0.379 e. The van der Waals surface area contributed by atoms with Crippen molar-refractivity contribution in [2.75, 3.05) is 38.6 Å². The van der Waals surface area contributed by atoms with Gasteiger partial charge in [-0.15, -0.1) is 24.8 Å². The molecule has 0 aromatic rings. The van der Waals surface area contributed by atoms with E-state index in [1.165, 1.54) is 11.8 Å². The molecule has 1 fully saturated rings. The first kappa shape index (κ1) is 16.7. The molecule has 0 amide bonds. The molecule has 4 nitrogen and oxygen atoms in total. The van der Waals surface area contributed by atoms with Crippen LogP contribution >= 0.6 is 36.6 Å². The summed E-state index contributed by atoms with van der Waals surface area (Å²) in [5.41, 5.74) is 5.21. The minimum absolute atomic E-state index is 0. The van der Waals surface area contributed by atoms with Crippen LogP contribution in [-0.2, 0) is 4.74 Å². The Kier molecular flexibility index (Phi) is 11.8. The molecule has 0 aromatic heterocycles. The van der Waals surface area contributed by atoms with E-state index in [1.807, 2.05) is 0 Å². The first-order valence-electron chi connectivity index (χ1n) is 4.06. The number of nitrogens with one attached hydrogen (secondary N) is 1. The van der Waals surface area contributed by atoms with Gasteiger partial charge in [0.2, 0.25) is 0 Å². The summed E-state index contributed by atoms with van der Waals surface area (Å²) < 4.78 is 5.21. The maximum Gasteiger partial charge on any atom is 0.151 e. The van der Waals surface area contributed by atoms with Gasteiger partial charge in [-0.05, 0) is 0 Å². The Labute approximate surface area is 101 Å². The summed E-state index contributed by atoms with van der Waals surface area (Å²) >= 11 is 1.40. The Balaban J connectivity index is 0. The summed E-state index contributed by atoms with van der Waals surface area (Å²) in [5, 5.41) is 7.22. The number of halogens is 2. The van der Waals surface area contributed by atoms with E-state index in [0.717, 1.165) is 38.6 Å². The molecule has 1 aliphatic rings. The molecule has 1 saturated heterocycles. The normalized spacial score (nSPS) is 16.6. The number of nitrogens with zero attached hydrogens (tertiary/aromatic N) is 1. The van der Waals surface area contributed by atoms with Crippen molar-refractivity contribution in [1.29, 1.82) is 5.41 Å². The monoisotopic (exact) mass is 261 g/mol. The van der Waals surface area contributed by atoms with Crippen molar-refractivity contribution in [3.05, 3.63) is 0 Å². The summed E-state index contributed by atoms with van der Waals surface area (Å²) in [4.78, 5) is 2.33. The van der Waals surface area contributed by atoms with Gasteiger partial charge in [0, 0.05) is 25.4 Å². The van der Waals surface area contributed by atoms with E-state index >= 15 is 0 Å². The van der Waals surface area contributed by atoms with Gasteiger partial charge in [-0.2, -0.15) is 0 Å². The zero-order valence-electron chi connectivity index (χ0n) is 7.90. The first-order valence-corrected chi connectivity index (χ1v) is 5.04. The fourth-order valence-corrected chi connectivity index (χ4v) is 1.68. The quantitative estimate of drug-likeness (QED) is 0.583. The lowest BCUT2D eigenvalue weighted by Crippen LogP contribution is -2.37. The molecule has 0 unspecified atom stereocenters. The third kappa shape index (κ3) is 7.70. The van der Waals surface area contributed by atoms with Crippen LogP contribution < -0.4 is 5.73 Å². The number of hydrogen-bond donors (Lipinski definition) is 2. The van der Waals surface area contributed by atoms with E-state index in [0.29, 0.717) is 0 Å². The van der Waals surface area contributed by atoms with E-state index in [1.54, 1.807) is 0 Å². The molecule has 0 spiro atoms. The molecule has 0 bridgehead atoms. The average Bonchev–Trinajstić information content (AvgIpc) is 2.05. The highest BCUT2D eigenvalue weighted by Gasteiger charge is 2.09. The number of rotatable bonds is 3. The smallest absolute Gasteiger partial charge is 0.151 e. The first-order chi connectivity index (χ1) is 5.79. The van der Waals surface area contributed by atoms with Gasteiger partial charge in [0.25, 0.3) is 0 Å². The minimum atomic E-state index is 0. The third-order valence-electron chi connectivity index (χ3n) is 1.77. The van der Waals surface area contributed by atoms with Crippen LogP contribution in [0.3, 0.4) is 0 Å². The molecule has 7 heteroatoms. The van der Waals surface area contributed by atoms with Gasteiger partial charge in [-0.3, -0.25) is 10.3 Å². The number of hydrogen-bond acceptors (Lipinski definition) is 4. The van der Waals surface area contributed by atoms with Crippen molar-refractivity contribution in [2.45, 2.75) is 0 Å². The van der Waals surface area contributed by atoms with Crippen LogP contribution in [0.15, 0.2) is 0 Å². The lowest BCUT2D eigenvalue weighted by molar-refractivity contribution is 0.0410. The second-order valence-electron chi connectivity index (χ2n) is 2.67. The molecule has 14 heavy (non-hydrogen) atoms. The second-order valence-corrected chi connectivity index (χ2v) is 3.80. The number of thioether (sulfide) groups is 1. The van der Waals surface area contributed by atoms with E-state index in [9.17, 15) is 0 Å². The molecule has 0 aliphatic carbocycles. The van der Waals surface area contributed by atoms with Gasteiger partial charge < -0.3 is 10.5 Å². The highest BCUT2D eigenvalue weighted by molar-refractivity contribution is 8.13. The van der Waals surface area contributed by atoms with Crippen LogP contribution in [0.1, 0.15) is 0 Å². The van der Waals surface area contributed by atoms with Gasteiger partial charge in [0.1, 0.15) is 0 Å². The number of amidine groups is 1. The summed E-state index contributed by atoms with van der Waals surface area (Å²) in [6, 6.07) is 0. The lowest BCUT2D eigenvalue weighted by atomic mass is 10.4. The zero-order valence-corrected chi connectivity index (χ0v) is 10.3. The second kappa shape index (κ2) is 9.86. The van der Waals surface area contributed by atoms with Crippen molar-refractivity contribution in [1.82, 2.24) is 4.90 Å². The molecular formula is C7H17Cl2N3OS. The molecule has 0 aromatic carbocycles. The Hall–Kier alpha value is 0.320. The Morgan fingerprint density at radius 3 is 2.43 bits per heavy atom. The Morgan fingerprint density at radius 1 is 1.36 bits per heavy atom. The molecule has 0 atom stereocenters. The molecule has 0 saturated carbocycles. The maximum absolute atomic E-state index is 7.01. The highest BCUT2D eigenvalue weighted by atomic mass is 35.5. The number of ether oxygens (including phenoxy) is 1. The third-order valence-corrected chi connectivity index (χ3v) is 2.47. The minimum Gasteiger partial charge on any atom is -0.379 e. The fraction of sp³-hybridized carbons (Fsp3) is 0.857. The van der Waals surface area contributed by atoms with Gasteiger partial charge in [-0.1, -0.05) is 11.8 Å². The summed E-state index contributed by atoms with van der Waals surface area (Å²) in [6.45, 7) is 4.71. The molecule has 1 rings (SSSR count). The van der Waals surface area contributed by atoms with E-state index in [4.69, 9.17) is 15.9 Å². The lowest BCUT2D eigenvalue weighted by Gasteiger charge is -2.26. The summed E-state index contributed by atoms with van der Waals surface area (Å²) in [5.74, 6) is 0.912. The van der Waals surface area contributed by atoms with Crippen LogP contribution in [-0.4, -0.2) is 48.7 Å². The molecule has 1 aliphatic heterocycles. The molecule has 0 radical (unpaired) electrons. The van der Waals surface area contributed by atoms with Gasteiger partial charge in [-0.25, -0.2) is 0 Å². The summed E-state index contributed by atoms with van der Waals surface area (Å²) in [6.07, 6.45) is 0. The van der Waals surface area contributed by atoms with Crippen molar-refractivity contribution >= 4 is 41.7 Å². The number of nitrogens with two attached hydrogens (primary N) is 1. The van der Waals surface area contributed by atoms with Crippen LogP contribution in [0.5, 0.6) is 0 Å². The zero-order chi connectivity index (χ0) is 8.81. The van der Waals surface area contributed by atoms with Crippen molar-refractivity contribution in [3.8, 4) is 0 Å². The van der Waals surface area contributed by atoms with Crippen molar-refractivity contribution in [2.24, 2.45) is 5.73 Å². The van der Waals surface area contributed by atoms with Gasteiger partial charge in [0.05, 0.1) is 13.2 Å². The van der Waals surface area contributed by atoms with E-state index < -0.39 is 0 Å². The van der Waals surface area contributed by atoms with Crippen LogP contribution in [0.2, 0.25) is 0 Å². The van der Waals surface area contributed by atoms with Gasteiger partial charge in [0.15, 0.2) is 5.17 Å². The summed E-state index contributed by atoms with van der Waals surface area (Å²) in [7, 11) is 0. The van der Waals surface area contributed by atoms with E-state index in [2.05, 4.69) is 4.90 Å². The predicted octanol–water partition coefficient (Wildman–Crippen LogP) is 0.789. The van der Waals surface area contributed by atoms with Crippen molar-refractivity contribution in [3.63, 3.8) is 0 Å². The Bertz CT molecular complexity index is 156. The molecule has 3 N–H and O–H groups in total. The van der Waals surface area contributed by atoms with E-state index in [-0.39, 0.29) is 30.0 Å². The van der Waals surface area contributed by atoms with Crippen LogP contribution in [0.4, 0.5) is 0 Å². The van der Waals surface area contributed by atoms with Crippen LogP contribution in [0.25, 0.3) is 0 Å².